The van der Waals surface area contributed by atoms with Crippen molar-refractivity contribution in [1.29, 1.82) is 0 Å². The van der Waals surface area contributed by atoms with Gasteiger partial charge in [-0.1, -0.05) is 6.07 Å². The first-order valence-electron chi connectivity index (χ1n) is 5.45. The Balaban J connectivity index is 2.43. The molecule has 2 aromatic rings. The predicted molar refractivity (Wildman–Crippen MR) is 63.6 cm³/mol. The normalized spacial score (nSPS) is 10.8. The second-order valence-corrected chi connectivity index (χ2v) is 3.93. The van der Waals surface area contributed by atoms with E-state index in [0.717, 1.165) is 5.56 Å². The Morgan fingerprint density at radius 2 is 2.12 bits per heavy atom. The summed E-state index contributed by atoms with van der Waals surface area (Å²) >= 11 is 0. The van der Waals surface area contributed by atoms with E-state index in [-0.39, 0.29) is 5.82 Å². The third-order valence-corrected chi connectivity index (χ3v) is 2.50. The maximum Gasteiger partial charge on any atom is 0.149 e. The summed E-state index contributed by atoms with van der Waals surface area (Å²) in [7, 11) is 1.83. The molecule has 0 fully saturated rings. The topological polar surface area (TPSA) is 42.7 Å². The summed E-state index contributed by atoms with van der Waals surface area (Å²) in [5.74, 6) is 1.04. The summed E-state index contributed by atoms with van der Waals surface area (Å²) in [6.45, 7) is 4.24. The molecule has 1 N–H and O–H groups in total. The molecular weight excluding hydrogens is 219 g/mol. The molecule has 0 amide bonds. The fraction of sp³-hybridized carbons (Fsp3) is 0.333. The van der Waals surface area contributed by atoms with E-state index in [0.29, 0.717) is 23.9 Å². The highest BCUT2D eigenvalue weighted by molar-refractivity contribution is 5.36. The zero-order valence-corrected chi connectivity index (χ0v) is 10.2. The van der Waals surface area contributed by atoms with E-state index in [1.807, 2.05) is 13.1 Å². The van der Waals surface area contributed by atoms with Gasteiger partial charge in [-0.05, 0) is 38.6 Å². The van der Waals surface area contributed by atoms with Crippen LogP contribution in [0.2, 0.25) is 0 Å². The number of aryl methyl sites for hydroxylation is 2. The van der Waals surface area contributed by atoms with Crippen LogP contribution in [0.15, 0.2) is 18.2 Å². The van der Waals surface area contributed by atoms with Crippen molar-refractivity contribution in [2.24, 2.45) is 0 Å². The lowest BCUT2D eigenvalue weighted by atomic mass is 10.2. The Morgan fingerprint density at radius 1 is 1.35 bits per heavy atom. The molecule has 0 saturated heterocycles. The molecule has 0 aliphatic carbocycles. The Bertz CT molecular complexity index is 533. The maximum atomic E-state index is 13.9. The minimum Gasteiger partial charge on any atom is -0.316 e. The molecule has 0 aliphatic rings. The molecule has 90 valence electrons. The number of benzene rings is 1. The molecule has 0 saturated carbocycles. The monoisotopic (exact) mass is 234 g/mol. The summed E-state index contributed by atoms with van der Waals surface area (Å²) in [6.07, 6.45) is 0. The second kappa shape index (κ2) is 4.63. The molecule has 17 heavy (non-hydrogen) atoms. The number of halogens is 1. The van der Waals surface area contributed by atoms with Gasteiger partial charge in [-0.2, -0.15) is 5.10 Å². The van der Waals surface area contributed by atoms with Gasteiger partial charge in [0, 0.05) is 6.54 Å². The standard InChI is InChI=1S/C12H15FN4/c1-8-15-9(2)17(16-8)12-5-4-10(7-14-3)6-11(12)13/h4-6,14H,7H2,1-3H3. The van der Waals surface area contributed by atoms with Crippen LogP contribution in [0, 0.1) is 19.7 Å². The smallest absolute Gasteiger partial charge is 0.149 e. The van der Waals surface area contributed by atoms with Crippen LogP contribution in [-0.4, -0.2) is 21.8 Å². The van der Waals surface area contributed by atoms with E-state index in [4.69, 9.17) is 0 Å². The van der Waals surface area contributed by atoms with Crippen molar-refractivity contribution in [1.82, 2.24) is 20.1 Å². The Hall–Kier alpha value is -1.75. The summed E-state index contributed by atoms with van der Waals surface area (Å²) in [5, 5.41) is 7.15. The van der Waals surface area contributed by atoms with Crippen LogP contribution in [0.25, 0.3) is 5.69 Å². The van der Waals surface area contributed by atoms with Gasteiger partial charge in [0.1, 0.15) is 23.2 Å². The molecule has 0 unspecified atom stereocenters. The van der Waals surface area contributed by atoms with Crippen LogP contribution in [0.4, 0.5) is 4.39 Å². The van der Waals surface area contributed by atoms with Crippen LogP contribution in [0.1, 0.15) is 17.2 Å². The van der Waals surface area contributed by atoms with Gasteiger partial charge >= 0.3 is 0 Å². The van der Waals surface area contributed by atoms with Crippen LogP contribution < -0.4 is 5.32 Å². The zero-order chi connectivity index (χ0) is 12.4. The SMILES string of the molecule is CNCc1ccc(-n2nc(C)nc2C)c(F)c1. The lowest BCUT2D eigenvalue weighted by Gasteiger charge is -2.06. The number of nitrogens with one attached hydrogen (secondary N) is 1. The average Bonchev–Trinajstić information content (AvgIpc) is 2.58. The first kappa shape index (κ1) is 11.7. The predicted octanol–water partition coefficient (Wildman–Crippen LogP) is 1.74. The van der Waals surface area contributed by atoms with Crippen LogP contribution in [0.5, 0.6) is 0 Å². The van der Waals surface area contributed by atoms with Crippen LogP contribution >= 0.6 is 0 Å². The van der Waals surface area contributed by atoms with Crippen LogP contribution in [-0.2, 0) is 6.54 Å². The highest BCUT2D eigenvalue weighted by atomic mass is 19.1. The lowest BCUT2D eigenvalue weighted by Crippen LogP contribution is -2.07. The molecule has 1 heterocycles. The molecule has 0 atom stereocenters. The molecule has 1 aromatic heterocycles. The van der Waals surface area contributed by atoms with Crippen molar-refractivity contribution < 1.29 is 4.39 Å². The van der Waals surface area contributed by atoms with E-state index in [1.165, 1.54) is 10.7 Å². The van der Waals surface area contributed by atoms with E-state index in [1.54, 1.807) is 19.9 Å². The van der Waals surface area contributed by atoms with Gasteiger partial charge in [0.05, 0.1) is 0 Å². The van der Waals surface area contributed by atoms with Gasteiger partial charge in [0.2, 0.25) is 0 Å². The van der Waals surface area contributed by atoms with Gasteiger partial charge in [-0.25, -0.2) is 14.1 Å². The molecule has 2 rings (SSSR count). The van der Waals surface area contributed by atoms with Gasteiger partial charge in [0.25, 0.3) is 0 Å². The lowest BCUT2D eigenvalue weighted by molar-refractivity contribution is 0.604. The van der Waals surface area contributed by atoms with Gasteiger partial charge in [-0.15, -0.1) is 0 Å². The fourth-order valence-electron chi connectivity index (χ4n) is 1.79. The first-order valence-corrected chi connectivity index (χ1v) is 5.45. The van der Waals surface area contributed by atoms with Crippen molar-refractivity contribution in [3.63, 3.8) is 0 Å². The Labute approximate surface area is 99.5 Å². The third-order valence-electron chi connectivity index (χ3n) is 2.50. The summed E-state index contributed by atoms with van der Waals surface area (Å²) in [6, 6.07) is 5.12. The van der Waals surface area contributed by atoms with Crippen molar-refractivity contribution in [2.75, 3.05) is 7.05 Å². The largest absolute Gasteiger partial charge is 0.316 e. The quantitative estimate of drug-likeness (QED) is 0.879. The number of rotatable bonds is 3. The summed E-state index contributed by atoms with van der Waals surface area (Å²) in [4.78, 5) is 4.16. The van der Waals surface area contributed by atoms with E-state index in [9.17, 15) is 4.39 Å². The van der Waals surface area contributed by atoms with Gasteiger partial charge in [0.15, 0.2) is 0 Å². The minimum absolute atomic E-state index is 0.286. The van der Waals surface area contributed by atoms with E-state index >= 15 is 0 Å². The van der Waals surface area contributed by atoms with Gasteiger partial charge in [-0.3, -0.25) is 0 Å². The van der Waals surface area contributed by atoms with Crippen molar-refractivity contribution in [2.45, 2.75) is 20.4 Å². The summed E-state index contributed by atoms with van der Waals surface area (Å²) in [5.41, 5.74) is 1.34. The Kier molecular flexibility index (Phi) is 3.19. The average molecular weight is 234 g/mol. The highest BCUT2D eigenvalue weighted by Gasteiger charge is 2.10. The van der Waals surface area contributed by atoms with E-state index < -0.39 is 0 Å². The number of hydrogen-bond acceptors (Lipinski definition) is 3. The second-order valence-electron chi connectivity index (χ2n) is 3.93. The molecule has 0 aliphatic heterocycles. The van der Waals surface area contributed by atoms with Crippen molar-refractivity contribution in [3.05, 3.63) is 41.2 Å². The van der Waals surface area contributed by atoms with Crippen molar-refractivity contribution >= 4 is 0 Å². The summed E-state index contributed by atoms with van der Waals surface area (Å²) < 4.78 is 15.5. The van der Waals surface area contributed by atoms with E-state index in [2.05, 4.69) is 15.4 Å². The first-order chi connectivity index (χ1) is 8.11. The zero-order valence-electron chi connectivity index (χ0n) is 10.2. The molecule has 0 radical (unpaired) electrons. The highest BCUT2D eigenvalue weighted by Crippen LogP contribution is 2.16. The molecule has 0 spiro atoms. The minimum atomic E-state index is -0.286. The molecule has 0 bridgehead atoms. The number of aromatic nitrogens is 3. The van der Waals surface area contributed by atoms with Gasteiger partial charge < -0.3 is 5.32 Å². The third kappa shape index (κ3) is 2.34. The fourth-order valence-corrected chi connectivity index (χ4v) is 1.79. The Morgan fingerprint density at radius 3 is 2.65 bits per heavy atom. The van der Waals surface area contributed by atoms with Crippen molar-refractivity contribution in [3.8, 4) is 5.69 Å². The molecule has 4 nitrogen and oxygen atoms in total. The maximum absolute atomic E-state index is 13.9. The molecule has 5 heteroatoms. The van der Waals surface area contributed by atoms with Crippen LogP contribution in [0.3, 0.4) is 0 Å². The molecular formula is C12H15FN4. The molecule has 1 aromatic carbocycles. The number of hydrogen-bond donors (Lipinski definition) is 1. The number of nitrogens with zero attached hydrogens (tertiary/aromatic N) is 3.